The summed E-state index contributed by atoms with van der Waals surface area (Å²) in [6, 6.07) is 14.5. The highest BCUT2D eigenvalue weighted by atomic mass is 19.4. The zero-order valence-electron chi connectivity index (χ0n) is 21.8. The normalized spacial score (nSPS) is 14.6. The third kappa shape index (κ3) is 6.75. The van der Waals surface area contributed by atoms with Crippen LogP contribution in [0.1, 0.15) is 17.7 Å². The summed E-state index contributed by atoms with van der Waals surface area (Å²) in [6.45, 7) is 4.08. The van der Waals surface area contributed by atoms with Crippen LogP contribution < -0.4 is 20.3 Å². The molecular weight excluding hydrogens is 523 g/mol. The van der Waals surface area contributed by atoms with Crippen molar-refractivity contribution in [3.63, 3.8) is 0 Å². The predicted molar refractivity (Wildman–Crippen MR) is 145 cm³/mol. The van der Waals surface area contributed by atoms with Gasteiger partial charge in [0.15, 0.2) is 0 Å². The molecule has 0 radical (unpaired) electrons. The van der Waals surface area contributed by atoms with Gasteiger partial charge in [0, 0.05) is 43.8 Å². The first-order valence-electron chi connectivity index (χ1n) is 12.8. The van der Waals surface area contributed by atoms with Crippen LogP contribution in [-0.2, 0) is 12.7 Å². The Morgan fingerprint density at radius 2 is 1.80 bits per heavy atom. The topological polar surface area (TPSA) is 95.5 Å². The van der Waals surface area contributed by atoms with Crippen molar-refractivity contribution in [2.24, 2.45) is 0 Å². The molecule has 2 N–H and O–H groups in total. The number of carbonyl (C=O) groups is 1. The minimum Gasteiger partial charge on any atom is -0.438 e. The highest BCUT2D eigenvalue weighted by Crippen LogP contribution is 2.30. The fourth-order valence-electron chi connectivity index (χ4n) is 4.38. The molecule has 0 unspecified atom stereocenters. The second-order valence-electron chi connectivity index (χ2n) is 9.51. The minimum absolute atomic E-state index is 0.0233. The lowest BCUT2D eigenvalue weighted by atomic mass is 10.2. The standard InChI is InChI=1S/C28H28F3N7O2/c1-37-11-2-12-38(14-13-37)21-6-9-23-24(15-21)34-18-35-26(23)40-22-7-4-20(5-8-22)36-27(39)33-17-19-3-10-25(32-16-19)28(29,30)31/h3-10,15-16,18H,2,11-14,17H2,1H3,(H2,33,36,39). The molecule has 5 rings (SSSR count). The maximum atomic E-state index is 12.6. The zero-order chi connectivity index (χ0) is 28.1. The van der Waals surface area contributed by atoms with E-state index in [0.29, 0.717) is 22.9 Å². The number of hydrogen-bond acceptors (Lipinski definition) is 7. The molecule has 1 aliphatic heterocycles. The molecule has 1 fully saturated rings. The Hall–Kier alpha value is -4.45. The Morgan fingerprint density at radius 1 is 0.975 bits per heavy atom. The number of halogens is 3. The molecule has 4 aromatic rings. The van der Waals surface area contributed by atoms with Crippen molar-refractivity contribution in [3.8, 4) is 11.6 Å². The van der Waals surface area contributed by atoms with Crippen LogP contribution in [-0.4, -0.2) is 59.1 Å². The van der Waals surface area contributed by atoms with E-state index in [4.69, 9.17) is 4.74 Å². The van der Waals surface area contributed by atoms with E-state index in [1.165, 1.54) is 12.4 Å². The van der Waals surface area contributed by atoms with Crippen LogP contribution in [0.25, 0.3) is 10.9 Å². The van der Waals surface area contributed by atoms with Gasteiger partial charge < -0.3 is 25.2 Å². The molecule has 40 heavy (non-hydrogen) atoms. The second kappa shape index (κ2) is 11.7. The van der Waals surface area contributed by atoms with Crippen LogP contribution in [0.5, 0.6) is 11.6 Å². The summed E-state index contributed by atoms with van der Waals surface area (Å²) in [4.78, 5) is 29.1. The van der Waals surface area contributed by atoms with E-state index in [2.05, 4.69) is 54.6 Å². The predicted octanol–water partition coefficient (Wildman–Crippen LogP) is 5.30. The average molecular weight is 552 g/mol. The number of alkyl halides is 3. The third-order valence-electron chi connectivity index (χ3n) is 6.56. The number of carbonyl (C=O) groups excluding carboxylic acids is 1. The smallest absolute Gasteiger partial charge is 0.433 e. The fraction of sp³-hybridized carbons (Fsp3) is 0.286. The van der Waals surface area contributed by atoms with E-state index in [0.717, 1.165) is 61.5 Å². The van der Waals surface area contributed by atoms with Crippen LogP contribution in [0.3, 0.4) is 0 Å². The maximum Gasteiger partial charge on any atom is 0.433 e. The van der Waals surface area contributed by atoms with E-state index in [1.54, 1.807) is 24.3 Å². The Balaban J connectivity index is 1.18. The van der Waals surface area contributed by atoms with Crippen LogP contribution in [0.15, 0.2) is 67.1 Å². The summed E-state index contributed by atoms with van der Waals surface area (Å²) in [5.74, 6) is 0.956. The number of benzene rings is 2. The van der Waals surface area contributed by atoms with E-state index in [9.17, 15) is 18.0 Å². The summed E-state index contributed by atoms with van der Waals surface area (Å²) in [6.07, 6.45) is -0.839. The second-order valence-corrected chi connectivity index (χ2v) is 9.51. The molecule has 1 aliphatic rings. The van der Waals surface area contributed by atoms with Crippen molar-refractivity contribution in [1.82, 2.24) is 25.2 Å². The molecule has 0 bridgehead atoms. The third-order valence-corrected chi connectivity index (χ3v) is 6.56. The van der Waals surface area contributed by atoms with E-state index in [-0.39, 0.29) is 6.54 Å². The molecule has 0 aliphatic carbocycles. The number of ether oxygens (including phenoxy) is 1. The quantitative estimate of drug-likeness (QED) is 0.336. The molecule has 0 saturated carbocycles. The van der Waals surface area contributed by atoms with Gasteiger partial charge in [-0.25, -0.2) is 14.8 Å². The number of pyridine rings is 1. The van der Waals surface area contributed by atoms with Crippen LogP contribution >= 0.6 is 0 Å². The number of nitrogens with zero attached hydrogens (tertiary/aromatic N) is 5. The number of aromatic nitrogens is 3. The van der Waals surface area contributed by atoms with Crippen LogP contribution in [0.4, 0.5) is 29.3 Å². The lowest BCUT2D eigenvalue weighted by Gasteiger charge is -2.23. The number of hydrogen-bond donors (Lipinski definition) is 2. The number of urea groups is 1. The molecule has 2 amide bonds. The number of nitrogens with one attached hydrogen (secondary N) is 2. The van der Waals surface area contributed by atoms with E-state index < -0.39 is 17.9 Å². The van der Waals surface area contributed by atoms with E-state index in [1.807, 2.05) is 6.07 Å². The van der Waals surface area contributed by atoms with Gasteiger partial charge in [0.2, 0.25) is 5.88 Å². The number of anilines is 2. The Labute approximate surface area is 229 Å². The largest absolute Gasteiger partial charge is 0.438 e. The van der Waals surface area contributed by atoms with E-state index >= 15 is 0 Å². The van der Waals surface area contributed by atoms with Crippen LogP contribution in [0.2, 0.25) is 0 Å². The molecule has 0 spiro atoms. The van der Waals surface area contributed by atoms with Gasteiger partial charge in [-0.3, -0.25) is 4.98 Å². The van der Waals surface area contributed by atoms with Crippen molar-refractivity contribution in [2.75, 3.05) is 43.4 Å². The Kier molecular flexibility index (Phi) is 7.96. The maximum absolute atomic E-state index is 12.6. The summed E-state index contributed by atoms with van der Waals surface area (Å²) in [5.41, 5.74) is 1.88. The zero-order valence-corrected chi connectivity index (χ0v) is 21.8. The average Bonchev–Trinajstić information content (AvgIpc) is 3.17. The van der Waals surface area contributed by atoms with Crippen molar-refractivity contribution < 1.29 is 22.7 Å². The molecule has 3 heterocycles. The van der Waals surface area contributed by atoms with Crippen LogP contribution in [0, 0.1) is 0 Å². The molecular formula is C28H28F3N7O2. The summed E-state index contributed by atoms with van der Waals surface area (Å²) >= 11 is 0. The van der Waals surface area contributed by atoms with Crippen molar-refractivity contribution in [1.29, 1.82) is 0 Å². The lowest BCUT2D eigenvalue weighted by Crippen LogP contribution is -2.28. The fourth-order valence-corrected chi connectivity index (χ4v) is 4.38. The summed E-state index contributed by atoms with van der Waals surface area (Å²) in [5, 5.41) is 6.05. The summed E-state index contributed by atoms with van der Waals surface area (Å²) < 4.78 is 43.9. The first-order chi connectivity index (χ1) is 19.2. The van der Waals surface area contributed by atoms with Gasteiger partial charge in [0.05, 0.1) is 10.9 Å². The van der Waals surface area contributed by atoms with Gasteiger partial charge in [-0.15, -0.1) is 0 Å². The number of likely N-dealkylation sites (N-methyl/N-ethyl adjacent to an activating group) is 1. The molecule has 9 nitrogen and oxygen atoms in total. The van der Waals surface area contributed by atoms with Gasteiger partial charge in [0.1, 0.15) is 17.8 Å². The molecule has 12 heteroatoms. The van der Waals surface area contributed by atoms with Gasteiger partial charge >= 0.3 is 12.2 Å². The lowest BCUT2D eigenvalue weighted by molar-refractivity contribution is -0.141. The Bertz CT molecular complexity index is 1460. The minimum atomic E-state index is -4.51. The Morgan fingerprint density at radius 3 is 2.55 bits per heavy atom. The first-order valence-corrected chi connectivity index (χ1v) is 12.8. The molecule has 208 valence electrons. The molecule has 1 saturated heterocycles. The first kappa shape index (κ1) is 27.1. The molecule has 2 aromatic heterocycles. The number of rotatable bonds is 6. The summed E-state index contributed by atoms with van der Waals surface area (Å²) in [7, 11) is 2.14. The number of fused-ring (bicyclic) bond motifs is 1. The van der Waals surface area contributed by atoms with Gasteiger partial charge in [0.25, 0.3) is 0 Å². The van der Waals surface area contributed by atoms with Crippen molar-refractivity contribution >= 4 is 28.3 Å². The highest BCUT2D eigenvalue weighted by molar-refractivity contribution is 5.89. The van der Waals surface area contributed by atoms with Crippen molar-refractivity contribution in [2.45, 2.75) is 19.1 Å². The number of amides is 2. The van der Waals surface area contributed by atoms with Gasteiger partial charge in [-0.05, 0) is 74.1 Å². The van der Waals surface area contributed by atoms with Gasteiger partial charge in [-0.1, -0.05) is 6.07 Å². The monoisotopic (exact) mass is 551 g/mol. The highest BCUT2D eigenvalue weighted by Gasteiger charge is 2.32. The molecule has 0 atom stereocenters. The van der Waals surface area contributed by atoms with Crippen molar-refractivity contribution in [3.05, 3.63) is 78.4 Å². The van der Waals surface area contributed by atoms with Gasteiger partial charge in [-0.2, -0.15) is 13.2 Å². The molecule has 2 aromatic carbocycles. The SMILES string of the molecule is CN1CCCN(c2ccc3c(Oc4ccc(NC(=O)NCc5ccc(C(F)(F)F)nc5)cc4)ncnc3c2)CC1.